The predicted octanol–water partition coefficient (Wildman–Crippen LogP) is 4.48. The van der Waals surface area contributed by atoms with Gasteiger partial charge in [-0.05, 0) is 42.7 Å². The monoisotopic (exact) mass is 394 g/mol. The van der Waals surface area contributed by atoms with Crippen molar-refractivity contribution in [3.8, 4) is 5.75 Å². The lowest BCUT2D eigenvalue weighted by molar-refractivity contribution is 0.102. The number of fused-ring (bicyclic) bond motifs is 1. The fourth-order valence-corrected chi connectivity index (χ4v) is 3.53. The number of aryl methyl sites for hydroxylation is 1. The molecule has 0 aliphatic carbocycles. The van der Waals surface area contributed by atoms with E-state index in [-0.39, 0.29) is 11.6 Å². The molecule has 0 saturated heterocycles. The molecule has 0 bridgehead atoms. The lowest BCUT2D eigenvalue weighted by Crippen LogP contribution is -2.26. The van der Waals surface area contributed by atoms with Crippen molar-refractivity contribution in [3.05, 3.63) is 71.1 Å². The van der Waals surface area contributed by atoms with Crippen molar-refractivity contribution in [2.24, 2.45) is 0 Å². The number of nitrogens with one attached hydrogen (secondary N) is 1. The molecular weight excluding hydrogens is 376 g/mol. The van der Waals surface area contributed by atoms with Gasteiger partial charge in [-0.1, -0.05) is 29.8 Å². The van der Waals surface area contributed by atoms with Gasteiger partial charge in [0.25, 0.3) is 5.91 Å². The predicted molar refractivity (Wildman–Crippen MR) is 110 cm³/mol. The summed E-state index contributed by atoms with van der Waals surface area (Å²) in [6.07, 6.45) is 3.48. The maximum absolute atomic E-state index is 12.8. The van der Waals surface area contributed by atoms with Crippen LogP contribution in [0.4, 0.5) is 17.2 Å². The fraction of sp³-hybridized carbons (Fsp3) is 0.190. The van der Waals surface area contributed by atoms with E-state index in [1.807, 2.05) is 12.1 Å². The first kappa shape index (κ1) is 18.3. The number of rotatable bonds is 4. The maximum Gasteiger partial charge on any atom is 0.274 e. The zero-order valence-corrected chi connectivity index (χ0v) is 16.1. The van der Waals surface area contributed by atoms with E-state index in [1.165, 1.54) is 19.0 Å². The van der Waals surface area contributed by atoms with E-state index in [2.05, 4.69) is 32.3 Å². The number of nitrogens with zero attached hydrogens (tertiary/aromatic N) is 3. The number of halogens is 1. The molecule has 2 heterocycles. The summed E-state index contributed by atoms with van der Waals surface area (Å²) in [5.74, 6) is 0.872. The van der Waals surface area contributed by atoms with Gasteiger partial charge in [0, 0.05) is 23.3 Å². The Balaban J connectivity index is 1.61. The van der Waals surface area contributed by atoms with E-state index < -0.39 is 0 Å². The first-order chi connectivity index (χ1) is 13.7. The normalized spacial score (nSPS) is 13.0. The summed E-state index contributed by atoms with van der Waals surface area (Å²) >= 11 is 6.04. The summed E-state index contributed by atoms with van der Waals surface area (Å²) < 4.78 is 5.28. The third-order valence-corrected chi connectivity index (χ3v) is 4.92. The summed E-state index contributed by atoms with van der Waals surface area (Å²) in [5, 5.41) is 3.31. The van der Waals surface area contributed by atoms with E-state index >= 15 is 0 Å². The first-order valence-corrected chi connectivity index (χ1v) is 9.36. The van der Waals surface area contributed by atoms with Crippen LogP contribution in [0.1, 0.15) is 22.5 Å². The van der Waals surface area contributed by atoms with Crippen molar-refractivity contribution in [1.29, 1.82) is 0 Å². The minimum absolute atomic E-state index is 0.273. The molecule has 1 N–H and O–H groups in total. The number of carbonyl (C=O) groups is 1. The quantitative estimate of drug-likeness (QED) is 0.706. The second-order valence-corrected chi connectivity index (χ2v) is 6.88. The van der Waals surface area contributed by atoms with Crippen molar-refractivity contribution in [2.75, 3.05) is 23.9 Å². The van der Waals surface area contributed by atoms with Crippen LogP contribution in [-0.2, 0) is 6.42 Å². The number of hydrogen-bond donors (Lipinski definition) is 1. The van der Waals surface area contributed by atoms with Gasteiger partial charge in [0.2, 0.25) is 0 Å². The van der Waals surface area contributed by atoms with Crippen LogP contribution in [0.25, 0.3) is 0 Å². The molecule has 2 aromatic carbocycles. The van der Waals surface area contributed by atoms with Gasteiger partial charge in [-0.3, -0.25) is 4.79 Å². The zero-order valence-electron chi connectivity index (χ0n) is 15.4. The molecule has 1 aliphatic rings. The average Bonchev–Trinajstić information content (AvgIpc) is 2.73. The van der Waals surface area contributed by atoms with Crippen molar-refractivity contribution in [1.82, 2.24) is 9.97 Å². The molecule has 1 aromatic heterocycles. The fourth-order valence-electron chi connectivity index (χ4n) is 3.35. The molecule has 0 spiro atoms. The van der Waals surface area contributed by atoms with Crippen LogP contribution < -0.4 is 15.0 Å². The van der Waals surface area contributed by atoms with E-state index in [4.69, 9.17) is 16.3 Å². The first-order valence-electron chi connectivity index (χ1n) is 8.98. The molecule has 7 heteroatoms. The standard InChI is InChI=1S/C21H19ClN4O2/c1-28-19-9-8-15(22)11-16(19)25-21(27)17-12-20(24-13-23-17)26-10-4-6-14-5-2-3-7-18(14)26/h2-3,5,7-9,11-13H,4,6,10H2,1H3,(H,25,27). The third kappa shape index (κ3) is 3.64. The maximum atomic E-state index is 12.8. The number of para-hydroxylation sites is 1. The Bertz CT molecular complexity index is 1020. The van der Waals surface area contributed by atoms with Crippen LogP contribution in [0.15, 0.2) is 54.9 Å². The topological polar surface area (TPSA) is 67.3 Å². The highest BCUT2D eigenvalue weighted by Gasteiger charge is 2.20. The average molecular weight is 395 g/mol. The largest absolute Gasteiger partial charge is 0.495 e. The smallest absolute Gasteiger partial charge is 0.274 e. The van der Waals surface area contributed by atoms with E-state index in [0.29, 0.717) is 22.3 Å². The van der Waals surface area contributed by atoms with E-state index in [1.54, 1.807) is 24.3 Å². The molecule has 0 fully saturated rings. The van der Waals surface area contributed by atoms with Gasteiger partial charge in [-0.25, -0.2) is 9.97 Å². The highest BCUT2D eigenvalue weighted by atomic mass is 35.5. The molecule has 4 rings (SSSR count). The van der Waals surface area contributed by atoms with E-state index in [0.717, 1.165) is 25.1 Å². The zero-order chi connectivity index (χ0) is 19.5. The molecule has 0 saturated carbocycles. The van der Waals surface area contributed by atoms with Gasteiger partial charge >= 0.3 is 0 Å². The molecular formula is C21H19ClN4O2. The van der Waals surface area contributed by atoms with Crippen molar-refractivity contribution < 1.29 is 9.53 Å². The number of carbonyl (C=O) groups excluding carboxylic acids is 1. The summed E-state index contributed by atoms with van der Waals surface area (Å²) in [7, 11) is 1.54. The van der Waals surface area contributed by atoms with Gasteiger partial charge in [-0.2, -0.15) is 0 Å². The molecule has 6 nitrogen and oxygen atoms in total. The SMILES string of the molecule is COc1ccc(Cl)cc1NC(=O)c1cc(N2CCCc3ccccc32)ncn1. The van der Waals surface area contributed by atoms with Crippen molar-refractivity contribution in [2.45, 2.75) is 12.8 Å². The third-order valence-electron chi connectivity index (χ3n) is 4.68. The van der Waals surface area contributed by atoms with Crippen LogP contribution >= 0.6 is 11.6 Å². The molecule has 1 amide bonds. The van der Waals surface area contributed by atoms with Crippen LogP contribution in [0.5, 0.6) is 5.75 Å². The van der Waals surface area contributed by atoms with Crippen LogP contribution in [-0.4, -0.2) is 29.5 Å². The van der Waals surface area contributed by atoms with Gasteiger partial charge in [0.15, 0.2) is 0 Å². The van der Waals surface area contributed by atoms with Crippen molar-refractivity contribution >= 4 is 34.7 Å². The number of methoxy groups -OCH3 is 1. The Morgan fingerprint density at radius 3 is 2.89 bits per heavy atom. The van der Waals surface area contributed by atoms with Crippen LogP contribution in [0.3, 0.4) is 0 Å². The molecule has 0 atom stereocenters. The number of hydrogen-bond acceptors (Lipinski definition) is 5. The Hall–Kier alpha value is -3.12. The minimum Gasteiger partial charge on any atom is -0.495 e. The van der Waals surface area contributed by atoms with Gasteiger partial charge < -0.3 is 15.0 Å². The van der Waals surface area contributed by atoms with Gasteiger partial charge in [-0.15, -0.1) is 0 Å². The number of aromatic nitrogens is 2. The number of amides is 1. The summed E-state index contributed by atoms with van der Waals surface area (Å²) in [5.41, 5.74) is 3.16. The highest BCUT2D eigenvalue weighted by Crippen LogP contribution is 2.32. The van der Waals surface area contributed by atoms with Crippen LogP contribution in [0, 0.1) is 0 Å². The Kier molecular flexibility index (Phi) is 5.12. The van der Waals surface area contributed by atoms with Crippen molar-refractivity contribution in [3.63, 3.8) is 0 Å². The number of benzene rings is 2. The summed E-state index contributed by atoms with van der Waals surface area (Å²) in [6, 6.07) is 15.0. The lowest BCUT2D eigenvalue weighted by atomic mass is 10.0. The summed E-state index contributed by atoms with van der Waals surface area (Å²) in [4.78, 5) is 23.4. The number of anilines is 3. The van der Waals surface area contributed by atoms with Gasteiger partial charge in [0.1, 0.15) is 23.6 Å². The second kappa shape index (κ2) is 7.86. The molecule has 3 aromatic rings. The minimum atomic E-state index is -0.352. The highest BCUT2D eigenvalue weighted by molar-refractivity contribution is 6.31. The second-order valence-electron chi connectivity index (χ2n) is 6.44. The summed E-state index contributed by atoms with van der Waals surface area (Å²) in [6.45, 7) is 0.844. The van der Waals surface area contributed by atoms with Crippen LogP contribution in [0.2, 0.25) is 5.02 Å². The lowest BCUT2D eigenvalue weighted by Gasteiger charge is -2.30. The van der Waals surface area contributed by atoms with E-state index in [9.17, 15) is 4.79 Å². The Labute approximate surface area is 168 Å². The number of ether oxygens (including phenoxy) is 1. The van der Waals surface area contributed by atoms with Gasteiger partial charge in [0.05, 0.1) is 12.8 Å². The molecule has 1 aliphatic heterocycles. The molecule has 142 valence electrons. The molecule has 0 radical (unpaired) electrons. The molecule has 0 unspecified atom stereocenters. The molecule has 28 heavy (non-hydrogen) atoms. The Morgan fingerprint density at radius 2 is 2.04 bits per heavy atom. The Morgan fingerprint density at radius 1 is 1.18 bits per heavy atom.